The van der Waals surface area contributed by atoms with E-state index in [1.165, 1.54) is 6.42 Å². The van der Waals surface area contributed by atoms with Gasteiger partial charge >= 0.3 is 0 Å². The predicted molar refractivity (Wildman–Crippen MR) is 119 cm³/mol. The molecule has 1 N–H and O–H groups in total. The Kier molecular flexibility index (Phi) is 8.97. The number of rotatable bonds is 10. The van der Waals surface area contributed by atoms with Gasteiger partial charge in [-0.05, 0) is 68.7 Å². The first kappa shape index (κ1) is 23.7. The van der Waals surface area contributed by atoms with Crippen LogP contribution in [0.5, 0.6) is 5.75 Å². The second-order valence-corrected chi connectivity index (χ2v) is 9.29. The van der Waals surface area contributed by atoms with Gasteiger partial charge in [0.1, 0.15) is 18.0 Å². The summed E-state index contributed by atoms with van der Waals surface area (Å²) in [4.78, 5) is 15.3. The fourth-order valence-corrected chi connectivity index (χ4v) is 4.48. The molecule has 0 saturated carbocycles. The molecule has 2 rings (SSSR count). The minimum Gasteiger partial charge on any atom is -0.492 e. The van der Waals surface area contributed by atoms with Crippen LogP contribution in [0.1, 0.15) is 54.4 Å². The number of hydrogen-bond donors (Lipinski definition) is 1. The van der Waals surface area contributed by atoms with Gasteiger partial charge in [0, 0.05) is 31.9 Å². The number of carbonyl (C=O) groups is 1. The SMILES string of the molecule is CCO[C@](C)(CC(C)C)C(=O)Nc1ccc(OCCN2C[C@@H](C)C[C@H](C)C2)cc1. The van der Waals surface area contributed by atoms with Crippen LogP contribution in [0.15, 0.2) is 24.3 Å². The summed E-state index contributed by atoms with van der Waals surface area (Å²) < 4.78 is 11.7. The standard InChI is InChI=1S/C24H40N2O3/c1-7-29-24(6,15-18(2)3)23(27)25-21-8-10-22(11-9-21)28-13-12-26-16-19(4)14-20(5)17-26/h8-11,18-20H,7,12-17H2,1-6H3,(H,25,27)/t19-,20-,24+/m0/s1. The first-order chi connectivity index (χ1) is 13.7. The Morgan fingerprint density at radius 1 is 1.21 bits per heavy atom. The van der Waals surface area contributed by atoms with Crippen LogP contribution in [-0.2, 0) is 9.53 Å². The van der Waals surface area contributed by atoms with Gasteiger partial charge in [0.05, 0.1) is 0 Å². The monoisotopic (exact) mass is 404 g/mol. The second kappa shape index (κ2) is 11.0. The molecule has 0 unspecified atom stereocenters. The number of piperidine rings is 1. The third kappa shape index (κ3) is 7.63. The van der Waals surface area contributed by atoms with Crippen molar-refractivity contribution >= 4 is 11.6 Å². The molecule has 0 aromatic heterocycles. The molecular weight excluding hydrogens is 364 g/mol. The van der Waals surface area contributed by atoms with Crippen LogP contribution in [0.2, 0.25) is 0 Å². The highest BCUT2D eigenvalue weighted by Gasteiger charge is 2.34. The van der Waals surface area contributed by atoms with Crippen molar-refractivity contribution in [2.24, 2.45) is 17.8 Å². The Hall–Kier alpha value is -1.59. The molecule has 0 aliphatic carbocycles. The Morgan fingerprint density at radius 3 is 2.38 bits per heavy atom. The molecule has 0 bridgehead atoms. The first-order valence-electron chi connectivity index (χ1n) is 11.1. The highest BCUT2D eigenvalue weighted by Crippen LogP contribution is 2.24. The van der Waals surface area contributed by atoms with E-state index in [0.29, 0.717) is 25.6 Å². The van der Waals surface area contributed by atoms with Crippen molar-refractivity contribution in [3.8, 4) is 5.75 Å². The van der Waals surface area contributed by atoms with E-state index in [1.807, 2.05) is 38.1 Å². The van der Waals surface area contributed by atoms with Crippen molar-refractivity contribution in [2.75, 3.05) is 38.2 Å². The molecule has 1 aliphatic heterocycles. The summed E-state index contributed by atoms with van der Waals surface area (Å²) in [5.41, 5.74) is -0.0587. The van der Waals surface area contributed by atoms with Gasteiger partial charge < -0.3 is 14.8 Å². The zero-order chi connectivity index (χ0) is 21.4. The summed E-state index contributed by atoms with van der Waals surface area (Å²) in [5, 5.41) is 2.99. The molecule has 1 aliphatic rings. The normalized spacial score (nSPS) is 22.3. The number of hydrogen-bond acceptors (Lipinski definition) is 4. The van der Waals surface area contributed by atoms with Crippen LogP contribution < -0.4 is 10.1 Å². The first-order valence-corrected chi connectivity index (χ1v) is 11.1. The van der Waals surface area contributed by atoms with Crippen LogP contribution in [0.3, 0.4) is 0 Å². The van der Waals surface area contributed by atoms with Crippen molar-refractivity contribution < 1.29 is 14.3 Å². The van der Waals surface area contributed by atoms with Crippen LogP contribution in [-0.4, -0.2) is 49.3 Å². The van der Waals surface area contributed by atoms with Crippen molar-refractivity contribution in [3.63, 3.8) is 0 Å². The predicted octanol–water partition coefficient (Wildman–Crippen LogP) is 4.82. The van der Waals surface area contributed by atoms with E-state index in [0.717, 1.165) is 42.9 Å². The zero-order valence-corrected chi connectivity index (χ0v) is 19.2. The van der Waals surface area contributed by atoms with Gasteiger partial charge in [0.25, 0.3) is 5.91 Å². The highest BCUT2D eigenvalue weighted by atomic mass is 16.5. The summed E-state index contributed by atoms with van der Waals surface area (Å²) in [6, 6.07) is 7.61. The maximum Gasteiger partial charge on any atom is 0.256 e. The van der Waals surface area contributed by atoms with E-state index in [-0.39, 0.29) is 5.91 Å². The van der Waals surface area contributed by atoms with Crippen LogP contribution in [0.25, 0.3) is 0 Å². The second-order valence-electron chi connectivity index (χ2n) is 9.29. The van der Waals surface area contributed by atoms with Gasteiger partial charge in [-0.1, -0.05) is 27.7 Å². The lowest BCUT2D eigenvalue weighted by atomic mass is 9.92. The van der Waals surface area contributed by atoms with Gasteiger partial charge in [0.2, 0.25) is 0 Å². The number of benzene rings is 1. The maximum absolute atomic E-state index is 12.8. The molecule has 3 atom stereocenters. The number of likely N-dealkylation sites (tertiary alicyclic amines) is 1. The molecule has 1 aromatic carbocycles. The van der Waals surface area contributed by atoms with Crippen molar-refractivity contribution in [1.82, 2.24) is 4.90 Å². The molecule has 29 heavy (non-hydrogen) atoms. The fourth-order valence-electron chi connectivity index (χ4n) is 4.48. The number of carbonyl (C=O) groups excluding carboxylic acids is 1. The Bertz CT molecular complexity index is 622. The third-order valence-corrected chi connectivity index (χ3v) is 5.47. The average Bonchev–Trinajstić information content (AvgIpc) is 2.62. The van der Waals surface area contributed by atoms with Crippen LogP contribution >= 0.6 is 0 Å². The van der Waals surface area contributed by atoms with E-state index in [1.54, 1.807) is 0 Å². The Labute approximate surface area is 177 Å². The molecule has 1 fully saturated rings. The van der Waals surface area contributed by atoms with Crippen molar-refractivity contribution in [1.29, 1.82) is 0 Å². The smallest absolute Gasteiger partial charge is 0.256 e. The van der Waals surface area contributed by atoms with Crippen molar-refractivity contribution in [2.45, 2.75) is 60.0 Å². The molecule has 1 amide bonds. The maximum atomic E-state index is 12.8. The molecule has 1 heterocycles. The topological polar surface area (TPSA) is 50.8 Å². The quantitative estimate of drug-likeness (QED) is 0.607. The Balaban J connectivity index is 1.83. The van der Waals surface area contributed by atoms with Gasteiger partial charge in [-0.25, -0.2) is 0 Å². The van der Waals surface area contributed by atoms with Crippen molar-refractivity contribution in [3.05, 3.63) is 24.3 Å². The third-order valence-electron chi connectivity index (χ3n) is 5.47. The number of nitrogens with zero attached hydrogens (tertiary/aromatic N) is 1. The lowest BCUT2D eigenvalue weighted by Gasteiger charge is -2.34. The number of ether oxygens (including phenoxy) is 2. The summed E-state index contributed by atoms with van der Waals surface area (Å²) in [6.07, 6.45) is 2.01. The molecule has 1 saturated heterocycles. The molecule has 1 aromatic rings. The minimum atomic E-state index is -0.819. The number of anilines is 1. The molecule has 164 valence electrons. The zero-order valence-electron chi connectivity index (χ0n) is 19.2. The average molecular weight is 405 g/mol. The molecule has 0 radical (unpaired) electrons. The lowest BCUT2D eigenvalue weighted by Crippen LogP contribution is -2.43. The number of nitrogens with one attached hydrogen (secondary N) is 1. The summed E-state index contributed by atoms with van der Waals surface area (Å²) in [7, 11) is 0. The minimum absolute atomic E-state index is 0.102. The Morgan fingerprint density at radius 2 is 1.83 bits per heavy atom. The van der Waals surface area contributed by atoms with Gasteiger partial charge in [-0.15, -0.1) is 0 Å². The molecular formula is C24H40N2O3. The van der Waals surface area contributed by atoms with E-state index in [2.05, 4.69) is 37.9 Å². The fraction of sp³-hybridized carbons (Fsp3) is 0.708. The van der Waals surface area contributed by atoms with Gasteiger partial charge in [-0.3, -0.25) is 9.69 Å². The lowest BCUT2D eigenvalue weighted by molar-refractivity contribution is -0.140. The molecule has 0 spiro atoms. The summed E-state index contributed by atoms with van der Waals surface area (Å²) in [6.45, 7) is 17.1. The molecule has 5 heteroatoms. The summed E-state index contributed by atoms with van der Waals surface area (Å²) in [5.74, 6) is 2.63. The van der Waals surface area contributed by atoms with Crippen LogP contribution in [0, 0.1) is 17.8 Å². The van der Waals surface area contributed by atoms with E-state index in [4.69, 9.17) is 9.47 Å². The van der Waals surface area contributed by atoms with E-state index < -0.39 is 5.60 Å². The van der Waals surface area contributed by atoms with Gasteiger partial charge in [0.15, 0.2) is 0 Å². The number of amides is 1. The van der Waals surface area contributed by atoms with Crippen LogP contribution in [0.4, 0.5) is 5.69 Å². The van der Waals surface area contributed by atoms with Gasteiger partial charge in [-0.2, -0.15) is 0 Å². The van der Waals surface area contributed by atoms with E-state index >= 15 is 0 Å². The molecule has 5 nitrogen and oxygen atoms in total. The summed E-state index contributed by atoms with van der Waals surface area (Å²) >= 11 is 0. The van der Waals surface area contributed by atoms with E-state index in [9.17, 15) is 4.79 Å². The largest absolute Gasteiger partial charge is 0.492 e. The highest BCUT2D eigenvalue weighted by molar-refractivity contribution is 5.97.